The van der Waals surface area contributed by atoms with Gasteiger partial charge in [-0.15, -0.1) is 22.7 Å². The average molecular weight is 325 g/mol. The Morgan fingerprint density at radius 1 is 1.43 bits per heavy atom. The fourth-order valence-electron chi connectivity index (χ4n) is 1.75. The summed E-state index contributed by atoms with van der Waals surface area (Å²) in [6.45, 7) is 4.29. The van der Waals surface area contributed by atoms with Gasteiger partial charge in [0.2, 0.25) is 0 Å². The lowest BCUT2D eigenvalue weighted by Gasteiger charge is -2.22. The summed E-state index contributed by atoms with van der Waals surface area (Å²) in [5.41, 5.74) is -0.196. The van der Waals surface area contributed by atoms with Crippen molar-refractivity contribution in [1.82, 2.24) is 15.6 Å². The summed E-state index contributed by atoms with van der Waals surface area (Å²) in [5, 5.41) is 20.6. The third-order valence-electron chi connectivity index (χ3n) is 2.98. The Balaban J connectivity index is 1.77. The second kappa shape index (κ2) is 7.02. The highest BCUT2D eigenvalue weighted by molar-refractivity contribution is 7.10. The summed E-state index contributed by atoms with van der Waals surface area (Å²) in [7, 11) is 0. The molecular weight excluding hydrogens is 306 g/mol. The molecule has 0 fully saturated rings. The number of aryl methyl sites for hydroxylation is 1. The number of aromatic nitrogens is 1. The highest BCUT2D eigenvalue weighted by atomic mass is 32.1. The van der Waals surface area contributed by atoms with E-state index in [0.29, 0.717) is 6.54 Å². The molecule has 0 aliphatic carbocycles. The number of aliphatic hydroxyl groups is 1. The number of thiophene rings is 1. The molecular formula is C14H19N3O2S2. The van der Waals surface area contributed by atoms with Crippen LogP contribution in [-0.2, 0) is 18.6 Å². The fourth-order valence-corrected chi connectivity index (χ4v) is 3.28. The average Bonchev–Trinajstić information content (AvgIpc) is 3.13. The molecule has 2 amide bonds. The van der Waals surface area contributed by atoms with Gasteiger partial charge in [0.15, 0.2) is 0 Å². The van der Waals surface area contributed by atoms with Crippen LogP contribution in [0.25, 0.3) is 0 Å². The minimum Gasteiger partial charge on any atom is -0.383 e. The summed E-state index contributed by atoms with van der Waals surface area (Å²) in [5.74, 6) is 0. The Kier molecular flexibility index (Phi) is 5.33. The molecule has 0 aliphatic heterocycles. The van der Waals surface area contributed by atoms with Crippen molar-refractivity contribution in [2.24, 2.45) is 0 Å². The maximum atomic E-state index is 11.8. The van der Waals surface area contributed by atoms with Crippen LogP contribution in [0, 0.1) is 0 Å². The first-order chi connectivity index (χ1) is 10.0. The van der Waals surface area contributed by atoms with Gasteiger partial charge in [0.1, 0.15) is 5.60 Å². The van der Waals surface area contributed by atoms with E-state index in [2.05, 4.69) is 22.5 Å². The van der Waals surface area contributed by atoms with E-state index in [9.17, 15) is 9.90 Å². The monoisotopic (exact) mass is 325 g/mol. The normalized spacial score (nSPS) is 13.7. The van der Waals surface area contributed by atoms with Crippen LogP contribution >= 0.6 is 22.7 Å². The second-order valence-electron chi connectivity index (χ2n) is 4.87. The van der Waals surface area contributed by atoms with Crippen LogP contribution in [0.1, 0.15) is 29.4 Å². The molecule has 5 nitrogen and oxygen atoms in total. The van der Waals surface area contributed by atoms with Crippen molar-refractivity contribution >= 4 is 28.7 Å². The van der Waals surface area contributed by atoms with E-state index in [0.717, 1.165) is 22.0 Å². The van der Waals surface area contributed by atoms with Crippen molar-refractivity contribution in [2.45, 2.75) is 32.4 Å². The maximum absolute atomic E-state index is 11.8. The van der Waals surface area contributed by atoms with Crippen LogP contribution in [-0.4, -0.2) is 22.7 Å². The molecule has 0 aromatic carbocycles. The van der Waals surface area contributed by atoms with Gasteiger partial charge in [-0.3, -0.25) is 0 Å². The van der Waals surface area contributed by atoms with Crippen molar-refractivity contribution in [1.29, 1.82) is 0 Å². The molecule has 0 spiro atoms. The van der Waals surface area contributed by atoms with Crippen molar-refractivity contribution < 1.29 is 9.90 Å². The lowest BCUT2D eigenvalue weighted by atomic mass is 10.1. The van der Waals surface area contributed by atoms with Crippen LogP contribution < -0.4 is 10.6 Å². The zero-order chi connectivity index (χ0) is 15.3. The summed E-state index contributed by atoms with van der Waals surface area (Å²) >= 11 is 3.06. The molecule has 114 valence electrons. The minimum absolute atomic E-state index is 0.163. The van der Waals surface area contributed by atoms with Crippen molar-refractivity contribution in [3.05, 3.63) is 38.5 Å². The number of rotatable bonds is 6. The SMILES string of the molecule is CCc1nc(CNC(=O)NCC(C)(O)c2cccs2)cs1. The van der Waals surface area contributed by atoms with Crippen LogP contribution in [0.5, 0.6) is 0 Å². The van der Waals surface area contributed by atoms with Crippen molar-refractivity contribution in [3.8, 4) is 0 Å². The Labute approximate surface area is 132 Å². The first kappa shape index (κ1) is 15.9. The van der Waals surface area contributed by atoms with Crippen molar-refractivity contribution in [3.63, 3.8) is 0 Å². The lowest BCUT2D eigenvalue weighted by Crippen LogP contribution is -2.42. The molecule has 0 saturated carbocycles. The Bertz CT molecular complexity index is 579. The zero-order valence-electron chi connectivity index (χ0n) is 12.0. The number of nitrogens with one attached hydrogen (secondary N) is 2. The maximum Gasteiger partial charge on any atom is 0.315 e. The van der Waals surface area contributed by atoms with Gasteiger partial charge in [-0.2, -0.15) is 0 Å². The highest BCUT2D eigenvalue weighted by Gasteiger charge is 2.24. The van der Waals surface area contributed by atoms with E-state index >= 15 is 0 Å². The van der Waals surface area contributed by atoms with Crippen LogP contribution in [0.2, 0.25) is 0 Å². The standard InChI is InChI=1S/C14H19N3O2S2/c1-3-12-17-10(8-21-12)7-15-13(18)16-9-14(2,19)11-5-4-6-20-11/h4-6,8,19H,3,7,9H2,1-2H3,(H2,15,16,18). The highest BCUT2D eigenvalue weighted by Crippen LogP contribution is 2.24. The fraction of sp³-hybridized carbons (Fsp3) is 0.429. The van der Waals surface area contributed by atoms with E-state index in [4.69, 9.17) is 0 Å². The van der Waals surface area contributed by atoms with E-state index in [1.165, 1.54) is 11.3 Å². The predicted octanol–water partition coefficient (Wildman–Crippen LogP) is 2.47. The largest absolute Gasteiger partial charge is 0.383 e. The van der Waals surface area contributed by atoms with Gasteiger partial charge < -0.3 is 15.7 Å². The number of amides is 2. The molecule has 2 heterocycles. The number of thiazole rings is 1. The number of carbonyl (C=O) groups excluding carboxylic acids is 1. The predicted molar refractivity (Wildman–Crippen MR) is 85.6 cm³/mol. The van der Waals surface area contributed by atoms with Gasteiger partial charge in [0.25, 0.3) is 0 Å². The van der Waals surface area contributed by atoms with Gasteiger partial charge in [-0.25, -0.2) is 9.78 Å². The van der Waals surface area contributed by atoms with E-state index < -0.39 is 5.60 Å². The van der Waals surface area contributed by atoms with E-state index in [-0.39, 0.29) is 12.6 Å². The zero-order valence-corrected chi connectivity index (χ0v) is 13.7. The number of nitrogens with zero attached hydrogens (tertiary/aromatic N) is 1. The molecule has 21 heavy (non-hydrogen) atoms. The first-order valence-corrected chi connectivity index (χ1v) is 8.48. The molecule has 3 N–H and O–H groups in total. The molecule has 0 radical (unpaired) electrons. The van der Waals surface area contributed by atoms with Gasteiger partial charge >= 0.3 is 6.03 Å². The first-order valence-electron chi connectivity index (χ1n) is 6.72. The Hall–Kier alpha value is -1.44. The minimum atomic E-state index is -1.05. The van der Waals surface area contributed by atoms with Gasteiger partial charge in [0, 0.05) is 10.3 Å². The Morgan fingerprint density at radius 3 is 2.86 bits per heavy atom. The third-order valence-corrected chi connectivity index (χ3v) is 5.14. The molecule has 1 unspecified atom stereocenters. The molecule has 2 rings (SSSR count). The topological polar surface area (TPSA) is 74.2 Å². The van der Waals surface area contributed by atoms with Gasteiger partial charge in [0.05, 0.1) is 23.8 Å². The van der Waals surface area contributed by atoms with Crippen LogP contribution in [0.15, 0.2) is 22.9 Å². The smallest absolute Gasteiger partial charge is 0.315 e. The quantitative estimate of drug-likeness (QED) is 0.764. The number of hydrogen-bond acceptors (Lipinski definition) is 5. The lowest BCUT2D eigenvalue weighted by molar-refractivity contribution is 0.0631. The van der Waals surface area contributed by atoms with Gasteiger partial charge in [-0.1, -0.05) is 13.0 Å². The van der Waals surface area contributed by atoms with E-state index in [1.807, 2.05) is 22.9 Å². The number of urea groups is 1. The van der Waals surface area contributed by atoms with E-state index in [1.54, 1.807) is 18.3 Å². The molecule has 2 aromatic rings. The molecule has 0 bridgehead atoms. The summed E-state index contributed by atoms with van der Waals surface area (Å²) in [6, 6.07) is 3.42. The molecule has 1 atom stereocenters. The van der Waals surface area contributed by atoms with Crippen LogP contribution in [0.4, 0.5) is 4.79 Å². The summed E-state index contributed by atoms with van der Waals surface area (Å²) in [4.78, 5) is 17.0. The third kappa shape index (κ3) is 4.52. The molecule has 2 aromatic heterocycles. The molecule has 0 aliphatic rings. The Morgan fingerprint density at radius 2 is 2.24 bits per heavy atom. The van der Waals surface area contributed by atoms with Crippen molar-refractivity contribution in [2.75, 3.05) is 6.54 Å². The van der Waals surface area contributed by atoms with Gasteiger partial charge in [-0.05, 0) is 24.8 Å². The molecule has 0 saturated heterocycles. The summed E-state index contributed by atoms with van der Waals surface area (Å²) < 4.78 is 0. The molecule has 7 heteroatoms. The second-order valence-corrected chi connectivity index (χ2v) is 6.76. The summed E-state index contributed by atoms with van der Waals surface area (Å²) in [6.07, 6.45) is 0.903. The number of carbonyl (C=O) groups is 1. The number of hydrogen-bond donors (Lipinski definition) is 3. The van der Waals surface area contributed by atoms with Crippen LogP contribution in [0.3, 0.4) is 0 Å².